The van der Waals surface area contributed by atoms with Gasteiger partial charge in [-0.15, -0.1) is 0 Å². The molecule has 0 aromatic carbocycles. The summed E-state index contributed by atoms with van der Waals surface area (Å²) in [6, 6.07) is 0. The van der Waals surface area contributed by atoms with Gasteiger partial charge < -0.3 is 10.6 Å². The molecule has 1 aliphatic rings. The van der Waals surface area contributed by atoms with Gasteiger partial charge in [0, 0.05) is 6.42 Å². The monoisotopic (exact) mass is 142 g/mol. The molecule has 2 N–H and O–H groups in total. The summed E-state index contributed by atoms with van der Waals surface area (Å²) in [6.45, 7) is 3.46. The molecule has 0 radical (unpaired) electrons. The lowest BCUT2D eigenvalue weighted by Gasteiger charge is -2.30. The third kappa shape index (κ3) is 2.35. The van der Waals surface area contributed by atoms with E-state index >= 15 is 0 Å². The molecule has 0 aliphatic carbocycles. The van der Waals surface area contributed by atoms with Gasteiger partial charge in [-0.25, -0.2) is 0 Å². The van der Waals surface area contributed by atoms with E-state index in [-0.39, 0.29) is 5.91 Å². The Bertz CT molecular complexity index is 121. The van der Waals surface area contributed by atoms with Gasteiger partial charge in [0.1, 0.15) is 0 Å². The highest BCUT2D eigenvalue weighted by Crippen LogP contribution is 2.06. The highest BCUT2D eigenvalue weighted by Gasteiger charge is 2.12. The highest BCUT2D eigenvalue weighted by atomic mass is 16.1. The molecule has 0 aromatic rings. The lowest BCUT2D eigenvalue weighted by atomic mass is 10.2. The van der Waals surface area contributed by atoms with Crippen LogP contribution in [0.5, 0.6) is 0 Å². The number of nitrogens with zero attached hydrogens (tertiary/aromatic N) is 1. The number of hydrogen-bond acceptors (Lipinski definition) is 2. The Labute approximate surface area is 61.2 Å². The van der Waals surface area contributed by atoms with Crippen molar-refractivity contribution in [3.63, 3.8) is 0 Å². The Morgan fingerprint density at radius 2 is 2.20 bits per heavy atom. The number of carbonyl (C=O) groups is 1. The van der Waals surface area contributed by atoms with Crippen molar-refractivity contribution in [2.75, 3.05) is 19.6 Å². The lowest BCUT2D eigenvalue weighted by Crippen LogP contribution is -2.37. The van der Waals surface area contributed by atoms with Crippen molar-refractivity contribution in [2.45, 2.75) is 19.3 Å². The average Bonchev–Trinajstić information content (AvgIpc) is 1.75. The SMILES string of the molecule is NC(=O)CCCN1CCC1. The van der Waals surface area contributed by atoms with Gasteiger partial charge in [-0.05, 0) is 32.5 Å². The van der Waals surface area contributed by atoms with Gasteiger partial charge in [-0.2, -0.15) is 0 Å². The van der Waals surface area contributed by atoms with E-state index in [1.165, 1.54) is 19.5 Å². The van der Waals surface area contributed by atoms with E-state index in [9.17, 15) is 4.79 Å². The fraction of sp³-hybridized carbons (Fsp3) is 0.857. The second-order valence-corrected chi connectivity index (χ2v) is 2.77. The molecule has 3 heteroatoms. The molecular weight excluding hydrogens is 128 g/mol. The Morgan fingerprint density at radius 3 is 2.60 bits per heavy atom. The molecule has 3 nitrogen and oxygen atoms in total. The maximum Gasteiger partial charge on any atom is 0.217 e. The van der Waals surface area contributed by atoms with E-state index in [0.717, 1.165) is 13.0 Å². The maximum absolute atomic E-state index is 10.3. The molecule has 1 saturated heterocycles. The van der Waals surface area contributed by atoms with Crippen LogP contribution in [0.4, 0.5) is 0 Å². The van der Waals surface area contributed by atoms with Crippen LogP contribution in [0.15, 0.2) is 0 Å². The third-order valence-electron chi connectivity index (χ3n) is 1.85. The first kappa shape index (κ1) is 7.54. The number of likely N-dealkylation sites (tertiary alicyclic amines) is 1. The number of rotatable bonds is 4. The van der Waals surface area contributed by atoms with Crippen molar-refractivity contribution in [3.05, 3.63) is 0 Å². The molecule has 1 rings (SSSR count). The standard InChI is InChI=1S/C7H14N2O/c8-7(10)3-1-4-9-5-2-6-9/h1-6H2,(H2,8,10). The fourth-order valence-corrected chi connectivity index (χ4v) is 1.08. The van der Waals surface area contributed by atoms with E-state index in [0.29, 0.717) is 6.42 Å². The van der Waals surface area contributed by atoms with Crippen molar-refractivity contribution in [1.82, 2.24) is 4.90 Å². The Hall–Kier alpha value is -0.570. The van der Waals surface area contributed by atoms with Crippen LogP contribution in [-0.2, 0) is 4.79 Å². The van der Waals surface area contributed by atoms with E-state index in [1.807, 2.05) is 0 Å². The van der Waals surface area contributed by atoms with Crippen LogP contribution in [-0.4, -0.2) is 30.4 Å². The summed E-state index contributed by atoms with van der Waals surface area (Å²) in [5.74, 6) is -0.180. The Kier molecular flexibility index (Phi) is 2.68. The molecule has 0 atom stereocenters. The van der Waals surface area contributed by atoms with Gasteiger partial charge in [-0.3, -0.25) is 4.79 Å². The molecule has 1 fully saturated rings. The molecule has 0 spiro atoms. The number of hydrogen-bond donors (Lipinski definition) is 1. The summed E-state index contributed by atoms with van der Waals surface area (Å²) in [6.07, 6.45) is 2.78. The fourth-order valence-electron chi connectivity index (χ4n) is 1.08. The first-order chi connectivity index (χ1) is 4.79. The van der Waals surface area contributed by atoms with Crippen LogP contribution in [0.1, 0.15) is 19.3 Å². The number of carbonyl (C=O) groups excluding carboxylic acids is 1. The second kappa shape index (κ2) is 3.56. The first-order valence-electron chi connectivity index (χ1n) is 3.80. The molecule has 0 unspecified atom stereocenters. The topological polar surface area (TPSA) is 46.3 Å². The smallest absolute Gasteiger partial charge is 0.217 e. The van der Waals surface area contributed by atoms with Gasteiger partial charge in [-0.1, -0.05) is 0 Å². The van der Waals surface area contributed by atoms with E-state index < -0.39 is 0 Å². The molecule has 1 aliphatic heterocycles. The third-order valence-corrected chi connectivity index (χ3v) is 1.85. The molecule has 0 aromatic heterocycles. The molecule has 1 heterocycles. The zero-order valence-electron chi connectivity index (χ0n) is 6.18. The summed E-state index contributed by atoms with van der Waals surface area (Å²) >= 11 is 0. The minimum Gasteiger partial charge on any atom is -0.370 e. The summed E-state index contributed by atoms with van der Waals surface area (Å²) in [4.78, 5) is 12.6. The van der Waals surface area contributed by atoms with Gasteiger partial charge in [0.15, 0.2) is 0 Å². The van der Waals surface area contributed by atoms with Crippen molar-refractivity contribution in [2.24, 2.45) is 5.73 Å². The van der Waals surface area contributed by atoms with E-state index in [1.54, 1.807) is 0 Å². The largest absolute Gasteiger partial charge is 0.370 e. The normalized spacial score (nSPS) is 18.4. The van der Waals surface area contributed by atoms with Crippen LogP contribution in [0.3, 0.4) is 0 Å². The first-order valence-corrected chi connectivity index (χ1v) is 3.80. The van der Waals surface area contributed by atoms with Crippen LogP contribution >= 0.6 is 0 Å². The van der Waals surface area contributed by atoms with E-state index in [4.69, 9.17) is 5.73 Å². The van der Waals surface area contributed by atoms with Crippen LogP contribution in [0, 0.1) is 0 Å². The molecule has 0 bridgehead atoms. The number of nitrogens with two attached hydrogens (primary N) is 1. The maximum atomic E-state index is 10.3. The summed E-state index contributed by atoms with van der Waals surface area (Å²) in [7, 11) is 0. The predicted molar refractivity (Wildman–Crippen MR) is 39.5 cm³/mol. The quantitative estimate of drug-likeness (QED) is 0.598. The Balaban J connectivity index is 1.89. The molecule has 0 saturated carbocycles. The van der Waals surface area contributed by atoms with Gasteiger partial charge >= 0.3 is 0 Å². The minimum atomic E-state index is -0.180. The zero-order chi connectivity index (χ0) is 7.40. The molecular formula is C7H14N2O. The summed E-state index contributed by atoms with van der Waals surface area (Å²) in [5.41, 5.74) is 4.98. The molecule has 10 heavy (non-hydrogen) atoms. The van der Waals surface area contributed by atoms with Crippen molar-refractivity contribution < 1.29 is 4.79 Å². The van der Waals surface area contributed by atoms with Crippen molar-refractivity contribution in [1.29, 1.82) is 0 Å². The average molecular weight is 142 g/mol. The van der Waals surface area contributed by atoms with Gasteiger partial charge in [0.25, 0.3) is 0 Å². The predicted octanol–water partition coefficient (Wildman–Crippen LogP) is -0.0424. The van der Waals surface area contributed by atoms with Crippen LogP contribution in [0.25, 0.3) is 0 Å². The van der Waals surface area contributed by atoms with Crippen LogP contribution < -0.4 is 5.73 Å². The van der Waals surface area contributed by atoms with Crippen LogP contribution in [0.2, 0.25) is 0 Å². The molecule has 1 amide bonds. The highest BCUT2D eigenvalue weighted by molar-refractivity contribution is 5.73. The summed E-state index contributed by atoms with van der Waals surface area (Å²) < 4.78 is 0. The minimum absolute atomic E-state index is 0.180. The Morgan fingerprint density at radius 1 is 1.50 bits per heavy atom. The lowest BCUT2D eigenvalue weighted by molar-refractivity contribution is -0.118. The molecule has 58 valence electrons. The summed E-state index contributed by atoms with van der Waals surface area (Å²) in [5, 5.41) is 0. The van der Waals surface area contributed by atoms with Gasteiger partial charge in [0.2, 0.25) is 5.91 Å². The zero-order valence-corrected chi connectivity index (χ0v) is 6.18. The number of amides is 1. The van der Waals surface area contributed by atoms with E-state index in [2.05, 4.69) is 4.90 Å². The van der Waals surface area contributed by atoms with Gasteiger partial charge in [0.05, 0.1) is 0 Å². The van der Waals surface area contributed by atoms with Crippen molar-refractivity contribution >= 4 is 5.91 Å². The number of primary amides is 1. The second-order valence-electron chi connectivity index (χ2n) is 2.77. The van der Waals surface area contributed by atoms with Crippen molar-refractivity contribution in [3.8, 4) is 0 Å².